The van der Waals surface area contributed by atoms with Crippen LogP contribution in [0.5, 0.6) is 5.75 Å². The maximum Gasteiger partial charge on any atom is 0.419 e. The molecule has 37 heavy (non-hydrogen) atoms. The van der Waals surface area contributed by atoms with Crippen LogP contribution in [0, 0.1) is 5.92 Å². The average Bonchev–Trinajstić information content (AvgIpc) is 2.86. The predicted octanol–water partition coefficient (Wildman–Crippen LogP) is 5.20. The number of amidine groups is 1. The standard InChI is InChI=1S/C27H34ClF3N4O2/c1-18(2)11-14-32-25(36)26(3)24(28)35-15-7-6-9-21(35)23(33-26)34-16-12-19(13-17-34)37-22-10-5-4-8-20(22)27(29,30)31/h4-10,15,18-19,21,24H,11-14,16-17H2,1-3H3,(H,32,36). The first kappa shape index (κ1) is 27.4. The molecule has 3 aliphatic rings. The van der Waals surface area contributed by atoms with Gasteiger partial charge >= 0.3 is 6.18 Å². The summed E-state index contributed by atoms with van der Waals surface area (Å²) >= 11 is 6.85. The number of benzene rings is 1. The zero-order valence-electron chi connectivity index (χ0n) is 21.3. The fraction of sp³-hybridized carbons (Fsp3) is 0.556. The first-order valence-electron chi connectivity index (χ1n) is 12.7. The van der Waals surface area contributed by atoms with Crippen molar-refractivity contribution in [3.05, 3.63) is 54.3 Å². The summed E-state index contributed by atoms with van der Waals surface area (Å²) in [5.74, 6) is 0.810. The molecule has 0 radical (unpaired) electrons. The van der Waals surface area contributed by atoms with E-state index >= 15 is 0 Å². The van der Waals surface area contributed by atoms with Crippen LogP contribution in [0.4, 0.5) is 13.2 Å². The zero-order valence-corrected chi connectivity index (χ0v) is 22.1. The Morgan fingerprint density at radius 3 is 2.62 bits per heavy atom. The van der Waals surface area contributed by atoms with E-state index in [1.54, 1.807) is 13.0 Å². The van der Waals surface area contributed by atoms with Crippen molar-refractivity contribution >= 4 is 23.3 Å². The van der Waals surface area contributed by atoms with E-state index in [0.717, 1.165) is 18.3 Å². The number of hydrogen-bond donors (Lipinski definition) is 1. The van der Waals surface area contributed by atoms with Gasteiger partial charge in [-0.15, -0.1) is 0 Å². The molecule has 10 heteroatoms. The molecule has 4 rings (SSSR count). The fourth-order valence-electron chi connectivity index (χ4n) is 4.85. The van der Waals surface area contributed by atoms with Crippen LogP contribution in [-0.4, -0.2) is 64.4 Å². The van der Waals surface area contributed by atoms with E-state index in [1.807, 2.05) is 29.3 Å². The van der Waals surface area contributed by atoms with Crippen molar-refractivity contribution in [1.82, 2.24) is 15.1 Å². The normalized spacial score (nSPS) is 26.2. The number of para-hydroxylation sites is 1. The number of hydrogen-bond acceptors (Lipinski definition) is 5. The van der Waals surface area contributed by atoms with Gasteiger partial charge in [0.25, 0.3) is 5.91 Å². The number of alkyl halides is 4. The van der Waals surface area contributed by atoms with Crippen LogP contribution >= 0.6 is 11.6 Å². The Hall–Kier alpha value is -2.68. The number of piperidine rings is 1. The lowest BCUT2D eigenvalue weighted by Gasteiger charge is -2.49. The molecule has 3 aliphatic heterocycles. The summed E-state index contributed by atoms with van der Waals surface area (Å²) < 4.78 is 46.0. The van der Waals surface area contributed by atoms with Gasteiger partial charge < -0.3 is 19.9 Å². The molecule has 3 atom stereocenters. The van der Waals surface area contributed by atoms with Crippen molar-refractivity contribution < 1.29 is 22.7 Å². The second-order valence-corrected chi connectivity index (χ2v) is 10.7. The molecule has 0 aromatic heterocycles. The van der Waals surface area contributed by atoms with E-state index < -0.39 is 22.8 Å². The van der Waals surface area contributed by atoms with Crippen LogP contribution in [0.25, 0.3) is 0 Å². The largest absolute Gasteiger partial charge is 0.490 e. The molecule has 0 spiro atoms. The lowest BCUT2D eigenvalue weighted by molar-refractivity contribution is -0.139. The number of allylic oxidation sites excluding steroid dienone is 2. The van der Waals surface area contributed by atoms with Crippen LogP contribution in [0.3, 0.4) is 0 Å². The minimum Gasteiger partial charge on any atom is -0.490 e. The van der Waals surface area contributed by atoms with E-state index in [0.29, 0.717) is 38.4 Å². The Morgan fingerprint density at radius 1 is 1.24 bits per heavy atom. The maximum absolute atomic E-state index is 13.4. The molecule has 1 amide bonds. The Morgan fingerprint density at radius 2 is 1.95 bits per heavy atom. The van der Waals surface area contributed by atoms with E-state index in [9.17, 15) is 18.0 Å². The van der Waals surface area contributed by atoms with Gasteiger partial charge in [0.1, 0.15) is 29.2 Å². The highest BCUT2D eigenvalue weighted by Gasteiger charge is 2.50. The summed E-state index contributed by atoms with van der Waals surface area (Å²) in [5, 5.41) is 3.00. The molecule has 0 aliphatic carbocycles. The fourth-order valence-corrected chi connectivity index (χ4v) is 5.18. The van der Waals surface area contributed by atoms with Crippen LogP contribution in [0.1, 0.15) is 45.6 Å². The van der Waals surface area contributed by atoms with Gasteiger partial charge in [0, 0.05) is 38.7 Å². The zero-order chi connectivity index (χ0) is 26.8. The van der Waals surface area contributed by atoms with Crippen LogP contribution in [0.2, 0.25) is 0 Å². The Bertz CT molecular complexity index is 1070. The number of amides is 1. The molecule has 1 saturated heterocycles. The summed E-state index contributed by atoms with van der Waals surface area (Å²) in [6, 6.07) is 5.07. The Kier molecular flexibility index (Phi) is 8.11. The number of likely N-dealkylation sites (tertiary alicyclic amines) is 1. The summed E-state index contributed by atoms with van der Waals surface area (Å²) in [5.41, 5.74) is -2.66. The van der Waals surface area contributed by atoms with Crippen molar-refractivity contribution in [3.8, 4) is 5.75 Å². The summed E-state index contributed by atoms with van der Waals surface area (Å²) in [6.45, 7) is 7.57. The number of rotatable bonds is 6. The van der Waals surface area contributed by atoms with Crippen molar-refractivity contribution in [2.24, 2.45) is 10.9 Å². The number of carbonyl (C=O) groups excluding carboxylic acids is 1. The van der Waals surface area contributed by atoms with Gasteiger partial charge in [-0.2, -0.15) is 13.2 Å². The minimum atomic E-state index is -4.48. The van der Waals surface area contributed by atoms with Gasteiger partial charge in [-0.1, -0.05) is 49.7 Å². The monoisotopic (exact) mass is 538 g/mol. The first-order valence-corrected chi connectivity index (χ1v) is 13.2. The van der Waals surface area contributed by atoms with E-state index in [4.69, 9.17) is 21.3 Å². The van der Waals surface area contributed by atoms with Crippen molar-refractivity contribution in [1.29, 1.82) is 0 Å². The summed E-state index contributed by atoms with van der Waals surface area (Å²) in [7, 11) is 0. The van der Waals surface area contributed by atoms with Gasteiger partial charge in [-0.05, 0) is 37.5 Å². The van der Waals surface area contributed by atoms with Crippen molar-refractivity contribution in [3.63, 3.8) is 0 Å². The molecule has 0 saturated carbocycles. The molecular formula is C27H34ClF3N4O2. The van der Waals surface area contributed by atoms with Crippen molar-refractivity contribution in [2.75, 3.05) is 19.6 Å². The smallest absolute Gasteiger partial charge is 0.419 e. The third-order valence-electron chi connectivity index (χ3n) is 7.04. The summed E-state index contributed by atoms with van der Waals surface area (Å²) in [6.07, 6.45) is 4.75. The molecule has 1 N–H and O–H groups in total. The third kappa shape index (κ3) is 5.92. The number of aliphatic imine (C=N–C) groups is 1. The van der Waals surface area contributed by atoms with E-state index in [2.05, 4.69) is 24.1 Å². The highest BCUT2D eigenvalue weighted by Crippen LogP contribution is 2.38. The second-order valence-electron chi connectivity index (χ2n) is 10.3. The van der Waals surface area contributed by atoms with Crippen LogP contribution in [-0.2, 0) is 11.0 Å². The SMILES string of the molecule is CC(C)CCNC(=O)C1(C)N=C(N2CCC(Oc3ccccc3C(F)(F)F)CC2)C2C=CC=CN2C1Cl. The average molecular weight is 539 g/mol. The van der Waals surface area contributed by atoms with Gasteiger partial charge in [0.05, 0.1) is 5.56 Å². The highest BCUT2D eigenvalue weighted by molar-refractivity contribution is 6.24. The molecule has 202 valence electrons. The predicted molar refractivity (Wildman–Crippen MR) is 139 cm³/mol. The number of fused-ring (bicyclic) bond motifs is 1. The first-order chi connectivity index (χ1) is 17.5. The molecule has 3 heterocycles. The van der Waals surface area contributed by atoms with Gasteiger partial charge in [0.2, 0.25) is 0 Å². The number of halogens is 4. The second kappa shape index (κ2) is 11.0. The minimum absolute atomic E-state index is 0.148. The molecule has 1 aromatic rings. The maximum atomic E-state index is 13.4. The van der Waals surface area contributed by atoms with Crippen LogP contribution < -0.4 is 10.1 Å². The van der Waals surface area contributed by atoms with E-state index in [1.165, 1.54) is 12.1 Å². The molecule has 0 bridgehead atoms. The summed E-state index contributed by atoms with van der Waals surface area (Å²) in [4.78, 5) is 22.3. The third-order valence-corrected chi connectivity index (χ3v) is 7.69. The molecular weight excluding hydrogens is 505 g/mol. The Labute approximate surface area is 221 Å². The number of ether oxygens (including phenoxy) is 1. The van der Waals surface area contributed by atoms with Gasteiger partial charge in [-0.3, -0.25) is 9.79 Å². The lowest BCUT2D eigenvalue weighted by atomic mass is 9.93. The highest BCUT2D eigenvalue weighted by atomic mass is 35.5. The molecule has 3 unspecified atom stereocenters. The Balaban J connectivity index is 1.50. The van der Waals surface area contributed by atoms with Crippen LogP contribution in [0.15, 0.2) is 53.7 Å². The molecule has 6 nitrogen and oxygen atoms in total. The van der Waals surface area contributed by atoms with Crippen molar-refractivity contribution in [2.45, 2.75) is 69.4 Å². The number of carbonyl (C=O) groups is 1. The lowest BCUT2D eigenvalue weighted by Crippen LogP contribution is -2.64. The number of nitrogens with one attached hydrogen (secondary N) is 1. The number of nitrogens with zero attached hydrogens (tertiary/aromatic N) is 3. The quantitative estimate of drug-likeness (QED) is 0.399. The molecule has 1 fully saturated rings. The molecule has 1 aromatic carbocycles. The van der Waals surface area contributed by atoms with E-state index in [-0.39, 0.29) is 23.8 Å². The topological polar surface area (TPSA) is 57.2 Å². The van der Waals surface area contributed by atoms with Gasteiger partial charge in [0.15, 0.2) is 5.54 Å². The van der Waals surface area contributed by atoms with Gasteiger partial charge in [-0.25, -0.2) is 0 Å².